The normalized spacial score (nSPS) is 12.3. The van der Waals surface area contributed by atoms with Gasteiger partial charge >= 0.3 is 5.97 Å². The van der Waals surface area contributed by atoms with E-state index in [1.165, 1.54) is 22.0 Å². The quantitative estimate of drug-likeness (QED) is 0.813. The van der Waals surface area contributed by atoms with Crippen LogP contribution in [0.5, 0.6) is 0 Å². The van der Waals surface area contributed by atoms with Crippen molar-refractivity contribution in [2.45, 2.75) is 32.9 Å². The van der Waals surface area contributed by atoms with Crippen LogP contribution in [0.15, 0.2) is 30.5 Å². The number of nitrogens with one attached hydrogen (secondary N) is 1. The van der Waals surface area contributed by atoms with Gasteiger partial charge in [0, 0.05) is 12.6 Å². The molecule has 0 spiro atoms. The first-order chi connectivity index (χ1) is 10.1. The second-order valence-electron chi connectivity index (χ2n) is 4.94. The van der Waals surface area contributed by atoms with Crippen LogP contribution in [0.3, 0.4) is 0 Å². The zero-order valence-electron chi connectivity index (χ0n) is 12.3. The second kappa shape index (κ2) is 6.99. The van der Waals surface area contributed by atoms with E-state index in [1.807, 2.05) is 0 Å². The summed E-state index contributed by atoms with van der Waals surface area (Å²) < 4.78 is 1.53. The summed E-state index contributed by atoms with van der Waals surface area (Å²) in [6.45, 7) is 5.52. The number of nitrogens with zero attached hydrogens (tertiary/aromatic N) is 3. The number of aryl methyl sites for hydroxylation is 1. The average molecular weight is 288 g/mol. The molecular formula is C15H20N4O2. The highest BCUT2D eigenvalue weighted by molar-refractivity contribution is 5.84. The van der Waals surface area contributed by atoms with Crippen molar-refractivity contribution in [2.24, 2.45) is 0 Å². The van der Waals surface area contributed by atoms with Crippen LogP contribution in [0.4, 0.5) is 0 Å². The van der Waals surface area contributed by atoms with Gasteiger partial charge in [-0.05, 0) is 24.5 Å². The largest absolute Gasteiger partial charge is 0.476 e. The van der Waals surface area contributed by atoms with Crippen molar-refractivity contribution in [1.82, 2.24) is 20.3 Å². The van der Waals surface area contributed by atoms with Crippen LogP contribution < -0.4 is 5.32 Å². The van der Waals surface area contributed by atoms with Crippen LogP contribution in [0.25, 0.3) is 0 Å². The summed E-state index contributed by atoms with van der Waals surface area (Å²) in [4.78, 5) is 10.7. The Balaban J connectivity index is 1.82. The molecule has 2 rings (SSSR count). The summed E-state index contributed by atoms with van der Waals surface area (Å²) in [7, 11) is 0. The number of benzene rings is 1. The molecule has 0 saturated carbocycles. The standard InChI is InChI=1S/C15H20N4O2/c1-3-12-4-6-13(7-5-12)11(2)16-8-9-19-10-14(15(20)21)17-18-19/h4-7,10-11,16H,3,8-9H2,1-2H3,(H,20,21). The van der Waals surface area contributed by atoms with Crippen LogP contribution in [0.1, 0.15) is 41.5 Å². The maximum absolute atomic E-state index is 10.7. The van der Waals surface area contributed by atoms with Gasteiger partial charge in [0.25, 0.3) is 0 Å². The monoisotopic (exact) mass is 288 g/mol. The van der Waals surface area contributed by atoms with Crippen molar-refractivity contribution in [3.05, 3.63) is 47.3 Å². The zero-order chi connectivity index (χ0) is 15.2. The summed E-state index contributed by atoms with van der Waals surface area (Å²) in [6.07, 6.45) is 2.48. The lowest BCUT2D eigenvalue weighted by atomic mass is 10.1. The fourth-order valence-electron chi connectivity index (χ4n) is 2.06. The number of aromatic carboxylic acids is 1. The second-order valence-corrected chi connectivity index (χ2v) is 4.94. The number of aromatic nitrogens is 3. The maximum atomic E-state index is 10.7. The molecule has 0 fully saturated rings. The van der Waals surface area contributed by atoms with E-state index in [2.05, 4.69) is 53.7 Å². The molecule has 0 aliphatic rings. The summed E-state index contributed by atoms with van der Waals surface area (Å²) in [5, 5.41) is 19.5. The molecule has 1 aromatic carbocycles. The zero-order valence-corrected chi connectivity index (χ0v) is 12.3. The molecular weight excluding hydrogens is 268 g/mol. The lowest BCUT2D eigenvalue weighted by Crippen LogP contribution is -2.23. The van der Waals surface area contributed by atoms with Gasteiger partial charge in [0.2, 0.25) is 0 Å². The predicted molar refractivity (Wildman–Crippen MR) is 79.2 cm³/mol. The van der Waals surface area contributed by atoms with Gasteiger partial charge in [-0.2, -0.15) is 0 Å². The van der Waals surface area contributed by atoms with Gasteiger partial charge in [0.15, 0.2) is 5.69 Å². The van der Waals surface area contributed by atoms with Crippen molar-refractivity contribution in [3.63, 3.8) is 0 Å². The highest BCUT2D eigenvalue weighted by atomic mass is 16.4. The van der Waals surface area contributed by atoms with E-state index >= 15 is 0 Å². The van der Waals surface area contributed by atoms with Crippen LogP contribution in [-0.4, -0.2) is 32.6 Å². The van der Waals surface area contributed by atoms with Crippen LogP contribution in [-0.2, 0) is 13.0 Å². The fraction of sp³-hybridized carbons (Fsp3) is 0.400. The molecule has 0 aliphatic carbocycles. The molecule has 6 nitrogen and oxygen atoms in total. The van der Waals surface area contributed by atoms with Crippen molar-refractivity contribution < 1.29 is 9.90 Å². The minimum Gasteiger partial charge on any atom is -0.476 e. The first kappa shape index (κ1) is 15.2. The number of hydrogen-bond donors (Lipinski definition) is 2. The van der Waals surface area contributed by atoms with Crippen LogP contribution in [0, 0.1) is 0 Å². The van der Waals surface area contributed by atoms with Gasteiger partial charge in [0.1, 0.15) is 0 Å². The third-order valence-corrected chi connectivity index (χ3v) is 3.44. The molecule has 0 radical (unpaired) electrons. The molecule has 0 saturated heterocycles. The third kappa shape index (κ3) is 4.13. The Morgan fingerprint density at radius 1 is 1.38 bits per heavy atom. The van der Waals surface area contributed by atoms with Gasteiger partial charge < -0.3 is 10.4 Å². The highest BCUT2D eigenvalue weighted by Gasteiger charge is 2.08. The van der Waals surface area contributed by atoms with E-state index < -0.39 is 5.97 Å². The van der Waals surface area contributed by atoms with Crippen molar-refractivity contribution in [2.75, 3.05) is 6.54 Å². The van der Waals surface area contributed by atoms with E-state index in [4.69, 9.17) is 5.11 Å². The number of carbonyl (C=O) groups is 1. The highest BCUT2D eigenvalue weighted by Crippen LogP contribution is 2.13. The maximum Gasteiger partial charge on any atom is 0.358 e. The first-order valence-electron chi connectivity index (χ1n) is 7.05. The molecule has 0 aliphatic heterocycles. The van der Waals surface area contributed by atoms with E-state index in [-0.39, 0.29) is 11.7 Å². The van der Waals surface area contributed by atoms with Gasteiger partial charge in [0.05, 0.1) is 12.7 Å². The van der Waals surface area contributed by atoms with Crippen molar-refractivity contribution in [1.29, 1.82) is 0 Å². The molecule has 2 aromatic rings. The first-order valence-corrected chi connectivity index (χ1v) is 7.05. The number of rotatable bonds is 7. The van der Waals surface area contributed by atoms with E-state index in [9.17, 15) is 4.79 Å². The molecule has 1 unspecified atom stereocenters. The minimum atomic E-state index is -1.06. The summed E-state index contributed by atoms with van der Waals surface area (Å²) in [5.74, 6) is -1.06. The topological polar surface area (TPSA) is 80.0 Å². The Kier molecular flexibility index (Phi) is 5.05. The molecule has 0 amide bonds. The number of carboxylic acids is 1. The lowest BCUT2D eigenvalue weighted by molar-refractivity contribution is 0.0690. The summed E-state index contributed by atoms with van der Waals surface area (Å²) >= 11 is 0. The SMILES string of the molecule is CCc1ccc(C(C)NCCn2cc(C(=O)O)nn2)cc1. The van der Waals surface area contributed by atoms with Crippen LogP contribution >= 0.6 is 0 Å². The smallest absolute Gasteiger partial charge is 0.358 e. The van der Waals surface area contributed by atoms with Gasteiger partial charge in [-0.15, -0.1) is 5.10 Å². The Hall–Kier alpha value is -2.21. The molecule has 1 aromatic heterocycles. The summed E-state index contributed by atoms with van der Waals surface area (Å²) in [5.41, 5.74) is 2.53. The molecule has 1 heterocycles. The predicted octanol–water partition coefficient (Wildman–Crippen LogP) is 1.89. The Labute approximate surface area is 123 Å². The summed E-state index contributed by atoms with van der Waals surface area (Å²) in [6, 6.07) is 8.79. The molecule has 21 heavy (non-hydrogen) atoms. The molecule has 2 N–H and O–H groups in total. The van der Waals surface area contributed by atoms with Crippen molar-refractivity contribution >= 4 is 5.97 Å². The Morgan fingerprint density at radius 3 is 2.67 bits per heavy atom. The van der Waals surface area contributed by atoms with Gasteiger partial charge in [-0.25, -0.2) is 4.79 Å². The minimum absolute atomic E-state index is 0.0294. The van der Waals surface area contributed by atoms with Gasteiger partial charge in [-0.3, -0.25) is 4.68 Å². The Bertz CT molecular complexity index is 592. The van der Waals surface area contributed by atoms with E-state index in [0.717, 1.165) is 6.42 Å². The fourth-order valence-corrected chi connectivity index (χ4v) is 2.06. The Morgan fingerprint density at radius 2 is 2.10 bits per heavy atom. The van der Waals surface area contributed by atoms with Crippen LogP contribution in [0.2, 0.25) is 0 Å². The number of hydrogen-bond acceptors (Lipinski definition) is 4. The third-order valence-electron chi connectivity index (χ3n) is 3.44. The lowest BCUT2D eigenvalue weighted by Gasteiger charge is -2.14. The molecule has 6 heteroatoms. The van der Waals surface area contributed by atoms with E-state index in [0.29, 0.717) is 13.1 Å². The average Bonchev–Trinajstić information content (AvgIpc) is 2.96. The van der Waals surface area contributed by atoms with Crippen molar-refractivity contribution in [3.8, 4) is 0 Å². The molecule has 1 atom stereocenters. The van der Waals surface area contributed by atoms with E-state index in [1.54, 1.807) is 0 Å². The molecule has 0 bridgehead atoms. The molecule has 112 valence electrons. The van der Waals surface area contributed by atoms with Gasteiger partial charge in [-0.1, -0.05) is 36.4 Å². The number of carboxylic acid groups (broad SMARTS) is 1.